The molecule has 0 spiro atoms. The summed E-state index contributed by atoms with van der Waals surface area (Å²) in [6.45, 7) is 3.05. The summed E-state index contributed by atoms with van der Waals surface area (Å²) in [5, 5.41) is 0. The van der Waals surface area contributed by atoms with E-state index in [0.717, 1.165) is 32.0 Å². The average molecular weight is 302 g/mol. The van der Waals surface area contributed by atoms with Crippen molar-refractivity contribution >= 4 is 15.9 Å². The predicted molar refractivity (Wildman–Crippen MR) is 74.1 cm³/mol. The molecular formula is C14H21BrFN. The molecule has 0 atom stereocenters. The summed E-state index contributed by atoms with van der Waals surface area (Å²) in [5.74, 6) is 0.772. The van der Waals surface area contributed by atoms with E-state index in [2.05, 4.69) is 33.0 Å². The molecule has 0 aromatic carbocycles. The minimum atomic E-state index is -0.177. The zero-order valence-corrected chi connectivity index (χ0v) is 11.9. The Morgan fingerprint density at radius 3 is 2.59 bits per heavy atom. The van der Waals surface area contributed by atoms with Crippen LogP contribution in [0, 0.1) is 5.92 Å². The van der Waals surface area contributed by atoms with Gasteiger partial charge in [-0.05, 0) is 55.6 Å². The fraction of sp³-hybridized carbons (Fsp3) is 0.714. The monoisotopic (exact) mass is 301 g/mol. The van der Waals surface area contributed by atoms with E-state index in [0.29, 0.717) is 6.42 Å². The first-order valence-corrected chi connectivity index (χ1v) is 7.42. The van der Waals surface area contributed by atoms with Gasteiger partial charge in [-0.25, -0.2) is 0 Å². The highest BCUT2D eigenvalue weighted by Gasteiger charge is 2.22. The van der Waals surface area contributed by atoms with E-state index >= 15 is 0 Å². The van der Waals surface area contributed by atoms with Crippen molar-refractivity contribution in [2.75, 3.05) is 26.3 Å². The first kappa shape index (κ1) is 13.3. The van der Waals surface area contributed by atoms with Gasteiger partial charge in [0.15, 0.2) is 0 Å². The lowest BCUT2D eigenvalue weighted by Gasteiger charge is -2.33. The third-order valence-electron chi connectivity index (χ3n) is 3.85. The van der Waals surface area contributed by atoms with Gasteiger partial charge in [0.1, 0.15) is 0 Å². The second-order valence-electron chi connectivity index (χ2n) is 5.01. The van der Waals surface area contributed by atoms with Gasteiger partial charge >= 0.3 is 0 Å². The quantitative estimate of drug-likeness (QED) is 0.757. The van der Waals surface area contributed by atoms with Crippen LogP contribution in [0.2, 0.25) is 0 Å². The Hall–Kier alpha value is -0.150. The number of hydrogen-bond donors (Lipinski definition) is 0. The van der Waals surface area contributed by atoms with Crippen LogP contribution in [0.4, 0.5) is 4.39 Å². The van der Waals surface area contributed by atoms with Gasteiger partial charge in [-0.3, -0.25) is 4.39 Å². The lowest BCUT2D eigenvalue weighted by molar-refractivity contribution is 0.190. The van der Waals surface area contributed by atoms with Crippen molar-refractivity contribution in [3.05, 3.63) is 22.2 Å². The van der Waals surface area contributed by atoms with Crippen LogP contribution in [0.3, 0.4) is 0 Å². The number of hydrogen-bond acceptors (Lipinski definition) is 1. The lowest BCUT2D eigenvalue weighted by atomic mass is 9.85. The third-order valence-corrected chi connectivity index (χ3v) is 4.51. The summed E-state index contributed by atoms with van der Waals surface area (Å²) in [6, 6.07) is 0. The summed E-state index contributed by atoms with van der Waals surface area (Å²) in [6.07, 6.45) is 10.1. The summed E-state index contributed by atoms with van der Waals surface area (Å²) in [4.78, 5) is 2.41. The van der Waals surface area contributed by atoms with Crippen molar-refractivity contribution in [1.29, 1.82) is 0 Å². The number of piperidine rings is 1. The van der Waals surface area contributed by atoms with Gasteiger partial charge in [-0.1, -0.05) is 33.7 Å². The Kier molecular flexibility index (Phi) is 5.23. The first-order chi connectivity index (χ1) is 8.29. The zero-order chi connectivity index (χ0) is 12.1. The van der Waals surface area contributed by atoms with Gasteiger partial charge in [0, 0.05) is 6.54 Å². The smallest absolute Gasteiger partial charge is 0.0906 e. The van der Waals surface area contributed by atoms with Crippen molar-refractivity contribution in [1.82, 2.24) is 4.90 Å². The molecule has 1 heterocycles. The summed E-state index contributed by atoms with van der Waals surface area (Å²) >= 11 is 3.55. The van der Waals surface area contributed by atoms with Crippen molar-refractivity contribution in [3.63, 3.8) is 0 Å². The van der Waals surface area contributed by atoms with Gasteiger partial charge in [-0.15, -0.1) is 0 Å². The van der Waals surface area contributed by atoms with E-state index in [1.165, 1.54) is 23.7 Å². The van der Waals surface area contributed by atoms with Crippen LogP contribution >= 0.6 is 15.9 Å². The Morgan fingerprint density at radius 2 is 2.00 bits per heavy atom. The van der Waals surface area contributed by atoms with E-state index in [1.54, 1.807) is 5.57 Å². The fourth-order valence-electron chi connectivity index (χ4n) is 2.78. The highest BCUT2D eigenvalue weighted by Crippen LogP contribution is 2.32. The average Bonchev–Trinajstić information content (AvgIpc) is 2.38. The van der Waals surface area contributed by atoms with Gasteiger partial charge in [-0.2, -0.15) is 0 Å². The maximum atomic E-state index is 12.1. The minimum absolute atomic E-state index is 0.177. The molecule has 0 amide bonds. The van der Waals surface area contributed by atoms with Crippen LogP contribution in [-0.2, 0) is 0 Å². The molecule has 17 heavy (non-hydrogen) atoms. The molecule has 1 saturated heterocycles. The molecule has 1 fully saturated rings. The van der Waals surface area contributed by atoms with Gasteiger partial charge < -0.3 is 4.90 Å². The molecule has 2 rings (SSSR count). The Labute approximate surface area is 112 Å². The molecule has 0 saturated carbocycles. The molecule has 0 bridgehead atoms. The number of likely N-dealkylation sites (tertiary alicyclic amines) is 1. The Morgan fingerprint density at radius 1 is 1.24 bits per heavy atom. The molecule has 0 aromatic heterocycles. The number of allylic oxidation sites excluding steroid dienone is 4. The fourth-order valence-corrected chi connectivity index (χ4v) is 3.11. The van der Waals surface area contributed by atoms with Crippen LogP contribution < -0.4 is 0 Å². The van der Waals surface area contributed by atoms with Crippen LogP contribution in [0.25, 0.3) is 0 Å². The number of halogens is 2. The summed E-state index contributed by atoms with van der Waals surface area (Å²) in [7, 11) is 0. The molecule has 0 radical (unpaired) electrons. The number of rotatable bonds is 4. The second-order valence-corrected chi connectivity index (χ2v) is 6.03. The van der Waals surface area contributed by atoms with Gasteiger partial charge in [0.05, 0.1) is 6.67 Å². The predicted octanol–water partition coefficient (Wildman–Crippen LogP) is 4.06. The van der Waals surface area contributed by atoms with E-state index in [-0.39, 0.29) is 6.67 Å². The van der Waals surface area contributed by atoms with Crippen molar-refractivity contribution < 1.29 is 4.39 Å². The molecule has 0 N–H and O–H groups in total. The molecule has 2 aliphatic rings. The van der Waals surface area contributed by atoms with Gasteiger partial charge in [0.2, 0.25) is 0 Å². The van der Waals surface area contributed by atoms with E-state index in [9.17, 15) is 4.39 Å². The Bertz CT molecular complexity index is 303. The second kappa shape index (κ2) is 6.69. The Balaban J connectivity index is 1.79. The normalized spacial score (nSPS) is 23.4. The maximum absolute atomic E-state index is 12.1. The maximum Gasteiger partial charge on any atom is 0.0906 e. The van der Waals surface area contributed by atoms with Crippen molar-refractivity contribution in [3.8, 4) is 0 Å². The zero-order valence-electron chi connectivity index (χ0n) is 10.3. The summed E-state index contributed by atoms with van der Waals surface area (Å²) in [5.41, 5.74) is 1.62. The molecule has 1 nitrogen and oxygen atoms in total. The largest absolute Gasteiger partial charge is 0.303 e. The van der Waals surface area contributed by atoms with Crippen LogP contribution in [0.5, 0.6) is 0 Å². The van der Waals surface area contributed by atoms with Crippen LogP contribution in [-0.4, -0.2) is 31.2 Å². The highest BCUT2D eigenvalue weighted by molar-refractivity contribution is 9.11. The molecular weight excluding hydrogens is 281 g/mol. The van der Waals surface area contributed by atoms with Crippen molar-refractivity contribution in [2.45, 2.75) is 32.1 Å². The van der Waals surface area contributed by atoms with Crippen LogP contribution in [0.15, 0.2) is 22.2 Å². The van der Waals surface area contributed by atoms with Crippen LogP contribution in [0.1, 0.15) is 32.1 Å². The first-order valence-electron chi connectivity index (χ1n) is 6.63. The van der Waals surface area contributed by atoms with Crippen molar-refractivity contribution in [2.24, 2.45) is 5.92 Å². The highest BCUT2D eigenvalue weighted by atomic mass is 79.9. The molecule has 96 valence electrons. The summed E-state index contributed by atoms with van der Waals surface area (Å²) < 4.78 is 13.4. The van der Waals surface area contributed by atoms with Gasteiger partial charge in [0.25, 0.3) is 0 Å². The standard InChI is InChI=1S/C14H21BrFN/c15-14-4-2-12(3-5-14)13-6-10-17(11-7-13)9-1-8-16/h2,4,13H,1,3,5-11H2. The minimum Gasteiger partial charge on any atom is -0.303 e. The topological polar surface area (TPSA) is 3.24 Å². The number of alkyl halides is 1. The SMILES string of the molecule is FCCCN1CCC(C2=CC=C(Br)CC2)CC1. The molecule has 3 heteroatoms. The number of nitrogens with zero attached hydrogens (tertiary/aromatic N) is 1. The van der Waals surface area contributed by atoms with E-state index in [1.807, 2.05) is 0 Å². The lowest BCUT2D eigenvalue weighted by Crippen LogP contribution is -2.35. The molecule has 1 aliphatic heterocycles. The van der Waals surface area contributed by atoms with E-state index < -0.39 is 0 Å². The molecule has 0 aromatic rings. The molecule has 0 unspecified atom stereocenters. The molecule has 1 aliphatic carbocycles. The van der Waals surface area contributed by atoms with E-state index in [4.69, 9.17) is 0 Å². The third kappa shape index (κ3) is 3.92.